The number of piperidine rings is 1. The van der Waals surface area contributed by atoms with Crippen LogP contribution in [-0.2, 0) is 26.1 Å². The lowest BCUT2D eigenvalue weighted by Crippen LogP contribution is -2.37. The van der Waals surface area contributed by atoms with Crippen molar-refractivity contribution in [3.63, 3.8) is 0 Å². The van der Waals surface area contributed by atoms with Crippen LogP contribution in [0.15, 0.2) is 52.4 Å². The summed E-state index contributed by atoms with van der Waals surface area (Å²) in [4.78, 5) is 30.2. The number of nitrogens with zero attached hydrogens (tertiary/aromatic N) is 3. The Kier molecular flexibility index (Phi) is 8.30. The molecule has 1 aromatic heterocycles. The molecule has 37 heavy (non-hydrogen) atoms. The Balaban J connectivity index is 1.66. The van der Waals surface area contributed by atoms with Gasteiger partial charge < -0.3 is 9.30 Å². The smallest absolute Gasteiger partial charge is 0.326 e. The van der Waals surface area contributed by atoms with Gasteiger partial charge in [-0.1, -0.05) is 38.2 Å². The van der Waals surface area contributed by atoms with Crippen molar-refractivity contribution in [1.82, 2.24) is 8.87 Å². The van der Waals surface area contributed by atoms with Gasteiger partial charge >= 0.3 is 5.97 Å². The number of carbonyl (C=O) groups is 2. The second-order valence-electron chi connectivity index (χ2n) is 9.69. The lowest BCUT2D eigenvalue weighted by atomic mass is 10.0. The molecular weight excluding hydrogens is 510 g/mol. The third-order valence-corrected chi connectivity index (χ3v) is 9.60. The van der Waals surface area contributed by atoms with Crippen molar-refractivity contribution in [2.45, 2.75) is 57.9 Å². The van der Waals surface area contributed by atoms with Crippen molar-refractivity contribution < 1.29 is 22.7 Å². The van der Waals surface area contributed by atoms with Gasteiger partial charge in [-0.3, -0.25) is 9.59 Å². The van der Waals surface area contributed by atoms with Crippen LogP contribution in [0, 0.1) is 5.92 Å². The quantitative estimate of drug-likeness (QED) is 0.407. The number of sulfonamides is 1. The average molecular weight is 544 g/mol. The number of esters is 1. The highest BCUT2D eigenvalue weighted by Gasteiger charge is 2.28. The number of amides is 1. The maximum absolute atomic E-state index is 13.1. The van der Waals surface area contributed by atoms with Crippen LogP contribution in [0.2, 0.25) is 0 Å². The standard InChI is InChI=1S/C27H33N3O5S2/c1-5-35-25(31)17-30-23-11-8-21(18(2)3)16-24(23)36-27(30)28-26(32)20-6-9-22(10-7-20)37(33,34)29-14-12-19(4)13-15-29/h6-11,16,18-19H,5,12-15,17H2,1-4H3. The van der Waals surface area contributed by atoms with Crippen LogP contribution in [0.25, 0.3) is 10.2 Å². The van der Waals surface area contributed by atoms with Crippen LogP contribution in [0.1, 0.15) is 62.4 Å². The van der Waals surface area contributed by atoms with Crippen LogP contribution in [0.3, 0.4) is 0 Å². The first-order valence-corrected chi connectivity index (χ1v) is 14.8. The molecule has 0 aliphatic carbocycles. The number of rotatable bonds is 7. The Morgan fingerprint density at radius 1 is 1.11 bits per heavy atom. The second-order valence-corrected chi connectivity index (χ2v) is 12.6. The maximum Gasteiger partial charge on any atom is 0.326 e. The van der Waals surface area contributed by atoms with E-state index in [2.05, 4.69) is 31.8 Å². The highest BCUT2D eigenvalue weighted by atomic mass is 32.2. The van der Waals surface area contributed by atoms with E-state index in [9.17, 15) is 18.0 Å². The molecule has 10 heteroatoms. The van der Waals surface area contributed by atoms with E-state index >= 15 is 0 Å². The zero-order chi connectivity index (χ0) is 26.7. The van der Waals surface area contributed by atoms with E-state index in [0.29, 0.717) is 29.7 Å². The topological polar surface area (TPSA) is 98.0 Å². The molecule has 1 aliphatic rings. The van der Waals surface area contributed by atoms with Crippen molar-refractivity contribution in [2.75, 3.05) is 19.7 Å². The minimum atomic E-state index is -3.60. The highest BCUT2D eigenvalue weighted by molar-refractivity contribution is 7.89. The van der Waals surface area contributed by atoms with Crippen LogP contribution in [-0.4, -0.2) is 48.9 Å². The molecule has 2 aromatic carbocycles. The summed E-state index contributed by atoms with van der Waals surface area (Å²) in [7, 11) is -3.60. The molecular formula is C27H33N3O5S2. The van der Waals surface area contributed by atoms with Gasteiger partial charge in [-0.25, -0.2) is 8.42 Å². The molecule has 4 rings (SSSR count). The van der Waals surface area contributed by atoms with Crippen LogP contribution in [0.5, 0.6) is 0 Å². The van der Waals surface area contributed by atoms with E-state index in [0.717, 1.165) is 28.6 Å². The number of hydrogen-bond donors (Lipinski definition) is 0. The predicted octanol–water partition coefficient (Wildman–Crippen LogP) is 4.55. The van der Waals surface area contributed by atoms with Gasteiger partial charge in [0.1, 0.15) is 6.54 Å². The summed E-state index contributed by atoms with van der Waals surface area (Å²) in [5.74, 6) is -0.0737. The Bertz CT molecular complexity index is 1460. The number of benzene rings is 2. The summed E-state index contributed by atoms with van der Waals surface area (Å²) < 4.78 is 35.3. The number of hydrogen-bond acceptors (Lipinski definition) is 6. The molecule has 2 heterocycles. The zero-order valence-corrected chi connectivity index (χ0v) is 23.3. The first kappa shape index (κ1) is 27.2. The summed E-state index contributed by atoms with van der Waals surface area (Å²) in [5.41, 5.74) is 2.22. The Labute approximate surface area is 221 Å². The van der Waals surface area contributed by atoms with E-state index in [1.165, 1.54) is 39.9 Å². The fourth-order valence-corrected chi connectivity index (χ4v) is 6.86. The van der Waals surface area contributed by atoms with Gasteiger partial charge in [0.25, 0.3) is 5.91 Å². The lowest BCUT2D eigenvalue weighted by Gasteiger charge is -2.29. The zero-order valence-electron chi connectivity index (χ0n) is 21.6. The molecule has 8 nitrogen and oxygen atoms in total. The summed E-state index contributed by atoms with van der Waals surface area (Å²) in [6.45, 7) is 9.28. The molecule has 1 fully saturated rings. The van der Waals surface area contributed by atoms with Crippen molar-refractivity contribution in [3.05, 3.63) is 58.4 Å². The minimum Gasteiger partial charge on any atom is -0.465 e. The summed E-state index contributed by atoms with van der Waals surface area (Å²) in [6, 6.07) is 11.9. The van der Waals surface area contributed by atoms with Gasteiger partial charge in [-0.2, -0.15) is 9.30 Å². The number of fused-ring (bicyclic) bond motifs is 1. The fourth-order valence-electron chi connectivity index (χ4n) is 4.32. The lowest BCUT2D eigenvalue weighted by molar-refractivity contribution is -0.143. The third kappa shape index (κ3) is 6.02. The van der Waals surface area contributed by atoms with Crippen molar-refractivity contribution in [1.29, 1.82) is 0 Å². The molecule has 1 saturated heterocycles. The first-order valence-electron chi connectivity index (χ1n) is 12.6. The molecule has 0 N–H and O–H groups in total. The summed E-state index contributed by atoms with van der Waals surface area (Å²) in [6.07, 6.45) is 1.68. The van der Waals surface area contributed by atoms with Crippen LogP contribution < -0.4 is 4.80 Å². The molecule has 0 bridgehead atoms. The van der Waals surface area contributed by atoms with E-state index in [4.69, 9.17) is 4.74 Å². The van der Waals surface area contributed by atoms with E-state index < -0.39 is 21.9 Å². The molecule has 0 radical (unpaired) electrons. The van der Waals surface area contributed by atoms with Crippen molar-refractivity contribution >= 4 is 43.5 Å². The first-order chi connectivity index (χ1) is 17.6. The predicted molar refractivity (Wildman–Crippen MR) is 144 cm³/mol. The van der Waals surface area contributed by atoms with Gasteiger partial charge in [0, 0.05) is 18.7 Å². The monoisotopic (exact) mass is 543 g/mol. The summed E-state index contributed by atoms with van der Waals surface area (Å²) in [5, 5.41) is 0. The fraction of sp³-hybridized carbons (Fsp3) is 0.444. The molecule has 0 saturated carbocycles. The number of aromatic nitrogens is 1. The summed E-state index contributed by atoms with van der Waals surface area (Å²) >= 11 is 1.33. The maximum atomic E-state index is 13.1. The van der Waals surface area contributed by atoms with Gasteiger partial charge in [0.05, 0.1) is 21.7 Å². The van der Waals surface area contributed by atoms with E-state index in [-0.39, 0.29) is 23.6 Å². The SMILES string of the molecule is CCOC(=O)Cn1c(=NC(=O)c2ccc(S(=O)(=O)N3CCC(C)CC3)cc2)sc2cc(C(C)C)ccc21. The number of thiazole rings is 1. The molecule has 0 spiro atoms. The number of ether oxygens (including phenoxy) is 1. The van der Waals surface area contributed by atoms with Gasteiger partial charge in [-0.15, -0.1) is 0 Å². The Morgan fingerprint density at radius 2 is 1.78 bits per heavy atom. The van der Waals surface area contributed by atoms with Gasteiger partial charge in [0.15, 0.2) is 4.80 Å². The van der Waals surface area contributed by atoms with Crippen molar-refractivity contribution in [3.8, 4) is 0 Å². The molecule has 0 atom stereocenters. The largest absolute Gasteiger partial charge is 0.465 e. The average Bonchev–Trinajstić information content (AvgIpc) is 3.20. The van der Waals surface area contributed by atoms with E-state index in [1.54, 1.807) is 11.5 Å². The molecule has 0 unspecified atom stereocenters. The molecule has 198 valence electrons. The normalized spacial score (nSPS) is 16.0. The van der Waals surface area contributed by atoms with Gasteiger partial charge in [-0.05, 0) is 73.6 Å². The van der Waals surface area contributed by atoms with Gasteiger partial charge in [0.2, 0.25) is 10.0 Å². The Hall–Kier alpha value is -2.82. The molecule has 1 amide bonds. The molecule has 1 aliphatic heterocycles. The molecule has 3 aromatic rings. The Morgan fingerprint density at radius 3 is 2.41 bits per heavy atom. The highest BCUT2D eigenvalue weighted by Crippen LogP contribution is 2.25. The van der Waals surface area contributed by atoms with E-state index in [1.807, 2.05) is 12.1 Å². The minimum absolute atomic E-state index is 0.0629. The third-order valence-electron chi connectivity index (χ3n) is 6.64. The van der Waals surface area contributed by atoms with Crippen molar-refractivity contribution in [2.24, 2.45) is 10.9 Å². The van der Waals surface area contributed by atoms with Crippen LogP contribution in [0.4, 0.5) is 0 Å². The number of carbonyl (C=O) groups excluding carboxylic acids is 2. The second kappa shape index (κ2) is 11.3. The van der Waals surface area contributed by atoms with Crippen LogP contribution >= 0.6 is 11.3 Å².